The third-order valence-corrected chi connectivity index (χ3v) is 5.59. The maximum Gasteiger partial charge on any atom is 0.252 e. The average Bonchev–Trinajstić information content (AvgIpc) is 3.37. The van der Waals surface area contributed by atoms with Crippen molar-refractivity contribution < 1.29 is 14.3 Å². The molecule has 6 heteroatoms. The second-order valence-corrected chi connectivity index (χ2v) is 7.75. The van der Waals surface area contributed by atoms with Gasteiger partial charge in [-0.05, 0) is 53.9 Å². The van der Waals surface area contributed by atoms with Gasteiger partial charge >= 0.3 is 0 Å². The Bertz CT molecular complexity index is 1220. The fourth-order valence-electron chi connectivity index (χ4n) is 3.83. The molecule has 0 aliphatic carbocycles. The first-order valence-electron chi connectivity index (χ1n) is 10.8. The standard InChI is InChI=1S/C27H27N3O3/c1-19(25-17-22(32-2)13-14-26(25)33-3)29-27(31)24-8-5-4-7-23(24)21-11-9-20(10-12-21)18-30-16-6-15-28-30/h4-17,19H,18H2,1-3H3,(H,29,31). The van der Waals surface area contributed by atoms with Crippen molar-refractivity contribution in [3.63, 3.8) is 0 Å². The average molecular weight is 442 g/mol. The third kappa shape index (κ3) is 5.06. The second kappa shape index (κ2) is 10.0. The molecule has 0 aliphatic rings. The molecule has 4 rings (SSSR count). The van der Waals surface area contributed by atoms with Gasteiger partial charge in [-0.1, -0.05) is 42.5 Å². The zero-order chi connectivity index (χ0) is 23.2. The number of carbonyl (C=O) groups excluding carboxylic acids is 1. The van der Waals surface area contributed by atoms with Crippen molar-refractivity contribution >= 4 is 5.91 Å². The van der Waals surface area contributed by atoms with E-state index < -0.39 is 0 Å². The lowest BCUT2D eigenvalue weighted by molar-refractivity contribution is 0.0940. The van der Waals surface area contributed by atoms with Gasteiger partial charge in [0, 0.05) is 23.5 Å². The van der Waals surface area contributed by atoms with Crippen LogP contribution in [0.2, 0.25) is 0 Å². The number of nitrogens with zero attached hydrogens (tertiary/aromatic N) is 2. The van der Waals surface area contributed by atoms with Gasteiger partial charge in [0.1, 0.15) is 11.5 Å². The Kier molecular flexibility index (Phi) is 6.74. The van der Waals surface area contributed by atoms with Crippen LogP contribution in [-0.2, 0) is 6.54 Å². The highest BCUT2D eigenvalue weighted by atomic mass is 16.5. The van der Waals surface area contributed by atoms with Gasteiger partial charge < -0.3 is 14.8 Å². The summed E-state index contributed by atoms with van der Waals surface area (Å²) in [6.07, 6.45) is 3.71. The van der Waals surface area contributed by atoms with Gasteiger partial charge in [-0.25, -0.2) is 0 Å². The number of ether oxygens (including phenoxy) is 2. The number of methoxy groups -OCH3 is 2. The number of hydrogen-bond donors (Lipinski definition) is 1. The smallest absolute Gasteiger partial charge is 0.252 e. The van der Waals surface area contributed by atoms with Crippen molar-refractivity contribution in [2.75, 3.05) is 14.2 Å². The van der Waals surface area contributed by atoms with Crippen molar-refractivity contribution in [1.29, 1.82) is 0 Å². The van der Waals surface area contributed by atoms with E-state index in [2.05, 4.69) is 22.5 Å². The molecule has 33 heavy (non-hydrogen) atoms. The van der Waals surface area contributed by atoms with Crippen LogP contribution in [0.5, 0.6) is 11.5 Å². The number of nitrogens with one attached hydrogen (secondary N) is 1. The SMILES string of the molecule is COc1ccc(OC)c(C(C)NC(=O)c2ccccc2-c2ccc(Cn3cccn3)cc2)c1. The number of hydrogen-bond acceptors (Lipinski definition) is 4. The van der Waals surface area contributed by atoms with Gasteiger partial charge in [0.25, 0.3) is 5.91 Å². The highest BCUT2D eigenvalue weighted by Crippen LogP contribution is 2.30. The second-order valence-electron chi connectivity index (χ2n) is 7.75. The summed E-state index contributed by atoms with van der Waals surface area (Å²) in [5, 5.41) is 7.36. The lowest BCUT2D eigenvalue weighted by Crippen LogP contribution is -2.27. The topological polar surface area (TPSA) is 65.4 Å². The summed E-state index contributed by atoms with van der Waals surface area (Å²) in [5.41, 5.74) is 4.47. The zero-order valence-corrected chi connectivity index (χ0v) is 19.0. The molecule has 0 bridgehead atoms. The molecular formula is C27H27N3O3. The van der Waals surface area contributed by atoms with Gasteiger partial charge in [0.05, 0.1) is 26.8 Å². The quantitative estimate of drug-likeness (QED) is 0.413. The molecule has 1 N–H and O–H groups in total. The molecule has 0 radical (unpaired) electrons. The first-order valence-corrected chi connectivity index (χ1v) is 10.8. The van der Waals surface area contributed by atoms with E-state index in [1.807, 2.05) is 78.5 Å². The Morgan fingerprint density at radius 3 is 2.48 bits per heavy atom. The molecule has 1 amide bonds. The molecule has 4 aromatic rings. The fourth-order valence-corrected chi connectivity index (χ4v) is 3.83. The first kappa shape index (κ1) is 22.1. The molecule has 6 nitrogen and oxygen atoms in total. The molecule has 1 unspecified atom stereocenters. The van der Waals surface area contributed by atoms with E-state index in [4.69, 9.17) is 9.47 Å². The Labute approximate surface area is 193 Å². The van der Waals surface area contributed by atoms with Gasteiger partial charge in [-0.3, -0.25) is 9.48 Å². The van der Waals surface area contributed by atoms with E-state index in [-0.39, 0.29) is 11.9 Å². The molecule has 0 fully saturated rings. The molecule has 0 aliphatic heterocycles. The van der Waals surface area contributed by atoms with Gasteiger partial charge in [-0.2, -0.15) is 5.10 Å². The summed E-state index contributed by atoms with van der Waals surface area (Å²) in [7, 11) is 3.23. The fraction of sp³-hybridized carbons (Fsp3) is 0.185. The molecular weight excluding hydrogens is 414 g/mol. The molecule has 1 heterocycles. The van der Waals surface area contributed by atoms with Crippen molar-refractivity contribution in [2.45, 2.75) is 19.5 Å². The Balaban J connectivity index is 1.55. The van der Waals surface area contributed by atoms with Crippen LogP contribution in [0, 0.1) is 0 Å². The van der Waals surface area contributed by atoms with Crippen molar-refractivity contribution in [3.8, 4) is 22.6 Å². The van der Waals surface area contributed by atoms with E-state index in [9.17, 15) is 4.79 Å². The van der Waals surface area contributed by atoms with Crippen molar-refractivity contribution in [1.82, 2.24) is 15.1 Å². The Morgan fingerprint density at radius 1 is 1.00 bits per heavy atom. The highest BCUT2D eigenvalue weighted by Gasteiger charge is 2.18. The number of carbonyl (C=O) groups is 1. The number of rotatable bonds is 8. The summed E-state index contributed by atoms with van der Waals surface area (Å²) in [6.45, 7) is 2.64. The van der Waals surface area contributed by atoms with Crippen LogP contribution in [-0.4, -0.2) is 29.9 Å². The van der Waals surface area contributed by atoms with E-state index in [0.717, 1.165) is 22.3 Å². The van der Waals surface area contributed by atoms with Crippen LogP contribution in [0.3, 0.4) is 0 Å². The predicted molar refractivity (Wildman–Crippen MR) is 129 cm³/mol. The van der Waals surface area contributed by atoms with Crippen LogP contribution in [0.4, 0.5) is 0 Å². The minimum atomic E-state index is -0.271. The Hall–Kier alpha value is -4.06. The normalized spacial score (nSPS) is 11.6. The number of amides is 1. The Morgan fingerprint density at radius 2 is 1.79 bits per heavy atom. The van der Waals surface area contributed by atoms with Gasteiger partial charge in [-0.15, -0.1) is 0 Å². The monoisotopic (exact) mass is 441 g/mol. The summed E-state index contributed by atoms with van der Waals surface area (Å²) >= 11 is 0. The summed E-state index contributed by atoms with van der Waals surface area (Å²) in [5.74, 6) is 1.26. The van der Waals surface area contributed by atoms with Gasteiger partial charge in [0.15, 0.2) is 0 Å². The maximum atomic E-state index is 13.3. The van der Waals surface area contributed by atoms with E-state index in [0.29, 0.717) is 23.6 Å². The predicted octanol–water partition coefficient (Wildman–Crippen LogP) is 5.11. The van der Waals surface area contributed by atoms with E-state index >= 15 is 0 Å². The summed E-state index contributed by atoms with van der Waals surface area (Å²) in [4.78, 5) is 13.3. The number of benzene rings is 3. The maximum absolute atomic E-state index is 13.3. The minimum Gasteiger partial charge on any atom is -0.497 e. The van der Waals surface area contributed by atoms with Crippen LogP contribution >= 0.6 is 0 Å². The van der Waals surface area contributed by atoms with E-state index in [1.54, 1.807) is 20.4 Å². The number of aromatic nitrogens is 2. The highest BCUT2D eigenvalue weighted by molar-refractivity contribution is 6.01. The first-order chi connectivity index (χ1) is 16.1. The molecule has 1 aromatic heterocycles. The van der Waals surface area contributed by atoms with Gasteiger partial charge in [0.2, 0.25) is 0 Å². The van der Waals surface area contributed by atoms with Crippen molar-refractivity contribution in [3.05, 3.63) is 102 Å². The molecule has 0 saturated carbocycles. The molecule has 1 atom stereocenters. The molecule has 0 spiro atoms. The molecule has 168 valence electrons. The lowest BCUT2D eigenvalue weighted by Gasteiger charge is -2.19. The van der Waals surface area contributed by atoms with Crippen LogP contribution < -0.4 is 14.8 Å². The zero-order valence-electron chi connectivity index (χ0n) is 19.0. The summed E-state index contributed by atoms with van der Waals surface area (Å²) < 4.78 is 12.7. The van der Waals surface area contributed by atoms with E-state index in [1.165, 1.54) is 0 Å². The van der Waals surface area contributed by atoms with Crippen LogP contribution in [0.1, 0.15) is 34.5 Å². The molecule has 3 aromatic carbocycles. The van der Waals surface area contributed by atoms with Crippen molar-refractivity contribution in [2.24, 2.45) is 0 Å². The summed E-state index contributed by atoms with van der Waals surface area (Å²) in [6, 6.07) is 23.0. The minimum absolute atomic E-state index is 0.149. The lowest BCUT2D eigenvalue weighted by atomic mass is 9.97. The molecule has 0 saturated heterocycles. The van der Waals surface area contributed by atoms with Crippen LogP contribution in [0.15, 0.2) is 85.2 Å². The third-order valence-electron chi connectivity index (χ3n) is 5.59. The largest absolute Gasteiger partial charge is 0.497 e. The van der Waals surface area contributed by atoms with Crippen LogP contribution in [0.25, 0.3) is 11.1 Å².